The van der Waals surface area contributed by atoms with Gasteiger partial charge in [0.15, 0.2) is 0 Å². The molecule has 0 aliphatic heterocycles. The molecule has 0 bridgehead atoms. The third-order valence-corrected chi connectivity index (χ3v) is 3.13. The summed E-state index contributed by atoms with van der Waals surface area (Å²) in [7, 11) is 0. The van der Waals surface area contributed by atoms with E-state index in [0.29, 0.717) is 16.8 Å². The molecule has 0 unspecified atom stereocenters. The van der Waals surface area contributed by atoms with Gasteiger partial charge < -0.3 is 10.4 Å². The fourth-order valence-corrected chi connectivity index (χ4v) is 1.86. The number of nitrogens with one attached hydrogen (secondary N) is 1. The highest BCUT2D eigenvalue weighted by Crippen LogP contribution is 2.25. The minimum Gasteiger partial charge on any atom is -0.508 e. The number of hydrogen-bond acceptors (Lipinski definition) is 4. The predicted molar refractivity (Wildman–Crippen MR) is 78.6 cm³/mol. The lowest BCUT2D eigenvalue weighted by Crippen LogP contribution is -2.12. The fourth-order valence-electron chi connectivity index (χ4n) is 1.86. The molecule has 6 heteroatoms. The molecular weight excluding hydrogens is 272 g/mol. The van der Waals surface area contributed by atoms with Gasteiger partial charge in [-0.05, 0) is 49.2 Å². The van der Waals surface area contributed by atoms with Gasteiger partial charge >= 0.3 is 0 Å². The maximum Gasteiger partial charge on any atom is 0.269 e. The highest BCUT2D eigenvalue weighted by Gasteiger charge is 2.11. The standard InChI is InChI=1S/C15H14N2O4/c1-9-8-14(18)10(2)7-13(9)16-15(19)11-3-5-12(6-4-11)17(20)21/h3-8,18H,1-2H3,(H,16,19). The lowest BCUT2D eigenvalue weighted by molar-refractivity contribution is -0.384. The molecule has 0 fully saturated rings. The second kappa shape index (κ2) is 5.62. The number of carbonyl (C=O) groups excluding carboxylic acids is 1. The van der Waals surface area contributed by atoms with Crippen molar-refractivity contribution in [1.29, 1.82) is 0 Å². The lowest BCUT2D eigenvalue weighted by Gasteiger charge is -2.10. The van der Waals surface area contributed by atoms with E-state index in [2.05, 4.69) is 5.32 Å². The molecule has 0 atom stereocenters. The van der Waals surface area contributed by atoms with Crippen molar-refractivity contribution in [3.63, 3.8) is 0 Å². The monoisotopic (exact) mass is 286 g/mol. The quantitative estimate of drug-likeness (QED) is 0.515. The zero-order valence-electron chi connectivity index (χ0n) is 11.6. The summed E-state index contributed by atoms with van der Waals surface area (Å²) < 4.78 is 0. The van der Waals surface area contributed by atoms with Crippen LogP contribution in [0.1, 0.15) is 21.5 Å². The Bertz CT molecular complexity index is 708. The summed E-state index contributed by atoms with van der Waals surface area (Å²) in [5, 5.41) is 22.9. The molecule has 0 aliphatic carbocycles. The van der Waals surface area contributed by atoms with E-state index in [0.717, 1.165) is 5.56 Å². The van der Waals surface area contributed by atoms with Gasteiger partial charge in [0, 0.05) is 23.4 Å². The molecule has 0 heterocycles. The van der Waals surface area contributed by atoms with Gasteiger partial charge in [-0.1, -0.05) is 0 Å². The average molecular weight is 286 g/mol. The second-order valence-electron chi connectivity index (χ2n) is 4.71. The summed E-state index contributed by atoms with van der Waals surface area (Å²) in [5.41, 5.74) is 2.23. The van der Waals surface area contributed by atoms with Crippen molar-refractivity contribution >= 4 is 17.3 Å². The van der Waals surface area contributed by atoms with Gasteiger partial charge in [0.25, 0.3) is 11.6 Å². The van der Waals surface area contributed by atoms with Crippen LogP contribution < -0.4 is 5.32 Å². The summed E-state index contributed by atoms with van der Waals surface area (Å²) in [6.07, 6.45) is 0. The van der Waals surface area contributed by atoms with Crippen molar-refractivity contribution in [2.24, 2.45) is 0 Å². The van der Waals surface area contributed by atoms with E-state index in [1.54, 1.807) is 26.0 Å². The molecule has 0 saturated carbocycles. The molecule has 0 aromatic heterocycles. The van der Waals surface area contributed by atoms with Crippen LogP contribution in [0, 0.1) is 24.0 Å². The summed E-state index contributed by atoms with van der Waals surface area (Å²) in [6.45, 7) is 3.50. The number of carbonyl (C=O) groups is 1. The summed E-state index contributed by atoms with van der Waals surface area (Å²) in [6, 6.07) is 8.61. The van der Waals surface area contributed by atoms with Crippen LogP contribution >= 0.6 is 0 Å². The number of hydrogen-bond donors (Lipinski definition) is 2. The maximum absolute atomic E-state index is 12.1. The van der Waals surface area contributed by atoms with E-state index >= 15 is 0 Å². The van der Waals surface area contributed by atoms with Crippen molar-refractivity contribution in [3.8, 4) is 5.75 Å². The van der Waals surface area contributed by atoms with Crippen LogP contribution in [-0.4, -0.2) is 15.9 Å². The number of rotatable bonds is 3. The van der Waals surface area contributed by atoms with Crippen LogP contribution in [0.2, 0.25) is 0 Å². The molecule has 21 heavy (non-hydrogen) atoms. The lowest BCUT2D eigenvalue weighted by atomic mass is 10.1. The largest absolute Gasteiger partial charge is 0.508 e. The number of aryl methyl sites for hydroxylation is 2. The third-order valence-electron chi connectivity index (χ3n) is 3.13. The first-order chi connectivity index (χ1) is 9.88. The normalized spacial score (nSPS) is 10.2. The molecule has 2 aromatic carbocycles. The van der Waals surface area contributed by atoms with Crippen molar-refractivity contribution in [3.05, 3.63) is 63.2 Å². The first-order valence-corrected chi connectivity index (χ1v) is 6.24. The van der Waals surface area contributed by atoms with Gasteiger partial charge in [-0.2, -0.15) is 0 Å². The summed E-state index contributed by atoms with van der Waals surface area (Å²) in [5.74, 6) is -0.195. The Balaban J connectivity index is 2.22. The minimum atomic E-state index is -0.519. The van der Waals surface area contributed by atoms with Crippen LogP contribution in [0.15, 0.2) is 36.4 Å². The van der Waals surface area contributed by atoms with Crippen molar-refractivity contribution in [2.75, 3.05) is 5.32 Å². The number of nitro groups is 1. The Labute approximate surface area is 121 Å². The smallest absolute Gasteiger partial charge is 0.269 e. The Morgan fingerprint density at radius 3 is 2.33 bits per heavy atom. The topological polar surface area (TPSA) is 92.5 Å². The molecular formula is C15H14N2O4. The number of nitrogens with zero attached hydrogens (tertiary/aromatic N) is 1. The number of anilines is 1. The molecule has 2 rings (SSSR count). The van der Waals surface area contributed by atoms with E-state index in [9.17, 15) is 20.0 Å². The van der Waals surface area contributed by atoms with Gasteiger partial charge in [-0.3, -0.25) is 14.9 Å². The fraction of sp³-hybridized carbons (Fsp3) is 0.133. The van der Waals surface area contributed by atoms with Crippen LogP contribution in [0.5, 0.6) is 5.75 Å². The van der Waals surface area contributed by atoms with Crippen LogP contribution in [0.3, 0.4) is 0 Å². The van der Waals surface area contributed by atoms with E-state index in [-0.39, 0.29) is 17.3 Å². The number of nitro benzene ring substituents is 1. The van der Waals surface area contributed by atoms with Crippen LogP contribution in [-0.2, 0) is 0 Å². The number of phenols is 1. The summed E-state index contributed by atoms with van der Waals surface area (Å²) >= 11 is 0. The van der Waals surface area contributed by atoms with Crippen LogP contribution in [0.4, 0.5) is 11.4 Å². The molecule has 2 N–H and O–H groups in total. The van der Waals surface area contributed by atoms with E-state index < -0.39 is 4.92 Å². The highest BCUT2D eigenvalue weighted by molar-refractivity contribution is 6.04. The SMILES string of the molecule is Cc1cc(NC(=O)c2ccc([N+](=O)[O-])cc2)c(C)cc1O. The van der Waals surface area contributed by atoms with E-state index in [1.807, 2.05) is 0 Å². The summed E-state index contributed by atoms with van der Waals surface area (Å²) in [4.78, 5) is 22.2. The zero-order valence-corrected chi connectivity index (χ0v) is 11.6. The zero-order chi connectivity index (χ0) is 15.6. The Kier molecular flexibility index (Phi) is 3.89. The van der Waals surface area contributed by atoms with Crippen molar-refractivity contribution in [1.82, 2.24) is 0 Å². The first-order valence-electron chi connectivity index (χ1n) is 6.24. The van der Waals surface area contributed by atoms with Crippen molar-refractivity contribution in [2.45, 2.75) is 13.8 Å². The second-order valence-corrected chi connectivity index (χ2v) is 4.71. The van der Waals surface area contributed by atoms with Gasteiger partial charge in [0.05, 0.1) is 4.92 Å². The van der Waals surface area contributed by atoms with Crippen LogP contribution in [0.25, 0.3) is 0 Å². The number of aromatic hydroxyl groups is 1. The Morgan fingerprint density at radius 2 is 1.76 bits per heavy atom. The molecule has 0 radical (unpaired) electrons. The van der Waals surface area contributed by atoms with Gasteiger partial charge in [-0.15, -0.1) is 0 Å². The minimum absolute atomic E-state index is 0.0665. The molecule has 0 aliphatic rings. The first kappa shape index (κ1) is 14.5. The molecule has 0 saturated heterocycles. The Morgan fingerprint density at radius 1 is 1.14 bits per heavy atom. The van der Waals surface area contributed by atoms with Gasteiger partial charge in [0.1, 0.15) is 5.75 Å². The molecule has 1 amide bonds. The van der Waals surface area contributed by atoms with E-state index in [4.69, 9.17) is 0 Å². The molecule has 2 aromatic rings. The predicted octanol–water partition coefficient (Wildman–Crippen LogP) is 3.17. The maximum atomic E-state index is 12.1. The Hall–Kier alpha value is -2.89. The number of non-ortho nitro benzene ring substituents is 1. The molecule has 0 spiro atoms. The van der Waals surface area contributed by atoms with Gasteiger partial charge in [0.2, 0.25) is 0 Å². The van der Waals surface area contributed by atoms with E-state index in [1.165, 1.54) is 24.3 Å². The highest BCUT2D eigenvalue weighted by atomic mass is 16.6. The number of amides is 1. The molecule has 6 nitrogen and oxygen atoms in total. The third kappa shape index (κ3) is 3.17. The molecule has 108 valence electrons. The van der Waals surface area contributed by atoms with Crippen molar-refractivity contribution < 1.29 is 14.8 Å². The average Bonchev–Trinajstić information content (AvgIpc) is 2.44. The number of benzene rings is 2. The number of phenolic OH excluding ortho intramolecular Hbond substituents is 1. The van der Waals surface area contributed by atoms with Gasteiger partial charge in [-0.25, -0.2) is 0 Å².